The van der Waals surface area contributed by atoms with Crippen molar-refractivity contribution in [2.45, 2.75) is 18.9 Å². The molecular weight excluding hydrogens is 277 g/mol. The summed E-state index contributed by atoms with van der Waals surface area (Å²) in [5, 5.41) is 19.5. The molecule has 0 aliphatic rings. The van der Waals surface area contributed by atoms with Crippen LogP contribution in [0.5, 0.6) is 0 Å². The van der Waals surface area contributed by atoms with Gasteiger partial charge in [-0.3, -0.25) is 0 Å². The third-order valence-corrected chi connectivity index (χ3v) is 3.47. The van der Waals surface area contributed by atoms with Crippen molar-refractivity contribution < 1.29 is 9.50 Å². The van der Waals surface area contributed by atoms with E-state index in [0.29, 0.717) is 16.7 Å². The maximum absolute atomic E-state index is 13.9. The standard InChI is InChI=1S/C16H13ClFNO/c1-16(20,13-6-2-4-11(8-13)10-19)9-12-5-3-7-14(17)15(12)18/h2-8,20H,9H2,1H3. The number of benzene rings is 2. The SMILES string of the molecule is CC(O)(Cc1cccc(Cl)c1F)c1cccc(C#N)c1. The lowest BCUT2D eigenvalue weighted by atomic mass is 9.88. The van der Waals surface area contributed by atoms with E-state index in [2.05, 4.69) is 0 Å². The van der Waals surface area contributed by atoms with Crippen LogP contribution in [0.1, 0.15) is 23.6 Å². The Morgan fingerprint density at radius 2 is 2.00 bits per heavy atom. The lowest BCUT2D eigenvalue weighted by molar-refractivity contribution is 0.0567. The van der Waals surface area contributed by atoms with E-state index in [4.69, 9.17) is 16.9 Å². The van der Waals surface area contributed by atoms with Crippen molar-refractivity contribution in [3.63, 3.8) is 0 Å². The van der Waals surface area contributed by atoms with Gasteiger partial charge in [-0.25, -0.2) is 4.39 Å². The number of nitrogens with zero attached hydrogens (tertiary/aromatic N) is 1. The van der Waals surface area contributed by atoms with Crippen LogP contribution in [0, 0.1) is 17.1 Å². The van der Waals surface area contributed by atoms with Crippen molar-refractivity contribution in [3.8, 4) is 6.07 Å². The van der Waals surface area contributed by atoms with Gasteiger partial charge in [0.25, 0.3) is 0 Å². The molecule has 1 unspecified atom stereocenters. The first-order valence-corrected chi connectivity index (χ1v) is 6.48. The molecule has 0 aliphatic carbocycles. The minimum Gasteiger partial charge on any atom is -0.385 e. The molecule has 0 saturated carbocycles. The van der Waals surface area contributed by atoms with E-state index in [1.165, 1.54) is 6.07 Å². The number of hydrogen-bond acceptors (Lipinski definition) is 2. The third kappa shape index (κ3) is 2.98. The van der Waals surface area contributed by atoms with Gasteiger partial charge in [0.15, 0.2) is 0 Å². The first kappa shape index (κ1) is 14.5. The number of nitriles is 1. The van der Waals surface area contributed by atoms with Gasteiger partial charge in [0, 0.05) is 6.42 Å². The zero-order valence-corrected chi connectivity index (χ0v) is 11.7. The van der Waals surface area contributed by atoms with E-state index >= 15 is 0 Å². The highest BCUT2D eigenvalue weighted by molar-refractivity contribution is 6.30. The summed E-state index contributed by atoms with van der Waals surface area (Å²) in [6, 6.07) is 13.4. The molecule has 1 N–H and O–H groups in total. The Hall–Kier alpha value is -1.89. The molecule has 0 radical (unpaired) electrons. The lowest BCUT2D eigenvalue weighted by Crippen LogP contribution is -2.25. The summed E-state index contributed by atoms with van der Waals surface area (Å²) in [5.41, 5.74) is 0.0772. The van der Waals surface area contributed by atoms with E-state index in [1.54, 1.807) is 43.3 Å². The predicted molar refractivity (Wildman–Crippen MR) is 75.8 cm³/mol. The fourth-order valence-corrected chi connectivity index (χ4v) is 2.28. The number of halogens is 2. The van der Waals surface area contributed by atoms with E-state index < -0.39 is 11.4 Å². The summed E-state index contributed by atoms with van der Waals surface area (Å²) < 4.78 is 13.9. The molecule has 0 saturated heterocycles. The molecule has 0 fully saturated rings. The summed E-state index contributed by atoms with van der Waals surface area (Å²) >= 11 is 5.74. The zero-order chi connectivity index (χ0) is 14.8. The van der Waals surface area contributed by atoms with Crippen LogP contribution in [0.4, 0.5) is 4.39 Å². The molecule has 20 heavy (non-hydrogen) atoms. The van der Waals surface area contributed by atoms with Crippen molar-refractivity contribution in [2.75, 3.05) is 0 Å². The van der Waals surface area contributed by atoms with Gasteiger partial charge < -0.3 is 5.11 Å². The first-order valence-electron chi connectivity index (χ1n) is 6.10. The number of rotatable bonds is 3. The van der Waals surface area contributed by atoms with E-state index in [9.17, 15) is 9.50 Å². The number of aliphatic hydroxyl groups is 1. The summed E-state index contributed by atoms with van der Waals surface area (Å²) in [7, 11) is 0. The van der Waals surface area contributed by atoms with Crippen molar-refractivity contribution in [1.82, 2.24) is 0 Å². The van der Waals surface area contributed by atoms with Gasteiger partial charge in [-0.2, -0.15) is 5.26 Å². The van der Waals surface area contributed by atoms with Gasteiger partial charge >= 0.3 is 0 Å². The summed E-state index contributed by atoms with van der Waals surface area (Å²) in [6.45, 7) is 1.59. The molecule has 2 aromatic carbocycles. The molecule has 2 aromatic rings. The second-order valence-corrected chi connectivity index (χ2v) is 5.26. The zero-order valence-electron chi connectivity index (χ0n) is 10.9. The van der Waals surface area contributed by atoms with Gasteiger partial charge in [-0.15, -0.1) is 0 Å². The Kier molecular flexibility index (Phi) is 4.08. The van der Waals surface area contributed by atoms with Crippen LogP contribution in [-0.2, 0) is 12.0 Å². The van der Waals surface area contributed by atoms with Crippen molar-refractivity contribution in [2.24, 2.45) is 0 Å². The Bertz CT molecular complexity index is 676. The fraction of sp³-hybridized carbons (Fsp3) is 0.188. The molecule has 0 bridgehead atoms. The maximum Gasteiger partial charge on any atom is 0.145 e. The molecule has 2 rings (SSSR count). The van der Waals surface area contributed by atoms with Crippen LogP contribution in [-0.4, -0.2) is 5.11 Å². The van der Waals surface area contributed by atoms with Crippen LogP contribution in [0.25, 0.3) is 0 Å². The van der Waals surface area contributed by atoms with Crippen LogP contribution < -0.4 is 0 Å². The largest absolute Gasteiger partial charge is 0.385 e. The van der Waals surface area contributed by atoms with Gasteiger partial charge in [-0.1, -0.05) is 35.9 Å². The molecule has 0 heterocycles. The smallest absolute Gasteiger partial charge is 0.145 e. The summed E-state index contributed by atoms with van der Waals surface area (Å²) in [4.78, 5) is 0. The predicted octanol–water partition coefficient (Wildman–Crippen LogP) is 3.80. The minimum absolute atomic E-state index is 0.0316. The van der Waals surface area contributed by atoms with Crippen LogP contribution in [0.3, 0.4) is 0 Å². The molecule has 4 heteroatoms. The summed E-state index contributed by atoms with van der Waals surface area (Å²) in [5.74, 6) is -0.522. The molecule has 1 atom stereocenters. The topological polar surface area (TPSA) is 44.0 Å². The van der Waals surface area contributed by atoms with Crippen LogP contribution in [0.2, 0.25) is 5.02 Å². The Labute approximate surface area is 122 Å². The monoisotopic (exact) mass is 289 g/mol. The Morgan fingerprint density at radius 1 is 1.30 bits per heavy atom. The Balaban J connectivity index is 2.35. The van der Waals surface area contributed by atoms with Crippen molar-refractivity contribution in [3.05, 3.63) is 70.0 Å². The molecule has 0 amide bonds. The highest BCUT2D eigenvalue weighted by Gasteiger charge is 2.25. The second kappa shape index (κ2) is 5.62. The normalized spacial score (nSPS) is 13.6. The molecule has 2 nitrogen and oxygen atoms in total. The second-order valence-electron chi connectivity index (χ2n) is 4.86. The van der Waals surface area contributed by atoms with Gasteiger partial charge in [0.2, 0.25) is 0 Å². The number of hydrogen-bond donors (Lipinski definition) is 1. The average Bonchev–Trinajstić information content (AvgIpc) is 2.44. The summed E-state index contributed by atoms with van der Waals surface area (Å²) in [6.07, 6.45) is 0.0777. The molecule has 0 aliphatic heterocycles. The minimum atomic E-state index is -1.28. The molecule has 0 spiro atoms. The molecular formula is C16H13ClFNO. The maximum atomic E-state index is 13.9. The van der Waals surface area contributed by atoms with E-state index in [1.807, 2.05) is 6.07 Å². The van der Waals surface area contributed by atoms with Crippen molar-refractivity contribution in [1.29, 1.82) is 5.26 Å². The fourth-order valence-electron chi connectivity index (χ4n) is 2.08. The lowest BCUT2D eigenvalue weighted by Gasteiger charge is -2.24. The molecule has 0 aromatic heterocycles. The molecule has 102 valence electrons. The Morgan fingerprint density at radius 3 is 2.70 bits per heavy atom. The van der Waals surface area contributed by atoms with Crippen LogP contribution >= 0.6 is 11.6 Å². The van der Waals surface area contributed by atoms with Gasteiger partial charge in [0.05, 0.1) is 22.3 Å². The third-order valence-electron chi connectivity index (χ3n) is 3.18. The van der Waals surface area contributed by atoms with Gasteiger partial charge in [-0.05, 0) is 36.2 Å². The van der Waals surface area contributed by atoms with E-state index in [-0.39, 0.29) is 11.4 Å². The quantitative estimate of drug-likeness (QED) is 0.934. The van der Waals surface area contributed by atoms with Crippen LogP contribution in [0.15, 0.2) is 42.5 Å². The first-order chi connectivity index (χ1) is 9.44. The van der Waals surface area contributed by atoms with Gasteiger partial charge in [0.1, 0.15) is 5.82 Å². The van der Waals surface area contributed by atoms with E-state index in [0.717, 1.165) is 0 Å². The average molecular weight is 290 g/mol. The highest BCUT2D eigenvalue weighted by atomic mass is 35.5. The highest BCUT2D eigenvalue weighted by Crippen LogP contribution is 2.28. The van der Waals surface area contributed by atoms with Crippen molar-refractivity contribution >= 4 is 11.6 Å².